The topological polar surface area (TPSA) is 50.2 Å². The summed E-state index contributed by atoms with van der Waals surface area (Å²) >= 11 is 0. The zero-order chi connectivity index (χ0) is 9.68. The van der Waals surface area contributed by atoms with E-state index in [2.05, 4.69) is 16.8 Å². The van der Waals surface area contributed by atoms with Gasteiger partial charge in [-0.25, -0.2) is 4.39 Å². The van der Waals surface area contributed by atoms with Crippen molar-refractivity contribution in [2.75, 3.05) is 0 Å². The maximum absolute atomic E-state index is 12.5. The number of aliphatic carboxylic acids is 1. The van der Waals surface area contributed by atoms with Crippen LogP contribution in [0.3, 0.4) is 0 Å². The highest BCUT2D eigenvalue weighted by molar-refractivity contribution is 5.70. The van der Waals surface area contributed by atoms with Gasteiger partial charge in [0.05, 0.1) is 6.20 Å². The molecule has 0 saturated heterocycles. The minimum atomic E-state index is -1.00. The van der Waals surface area contributed by atoms with Gasteiger partial charge in [-0.2, -0.15) is 0 Å². The molecule has 0 radical (unpaired) electrons. The van der Waals surface area contributed by atoms with E-state index < -0.39 is 11.8 Å². The van der Waals surface area contributed by atoms with Crippen LogP contribution in [0.25, 0.3) is 0 Å². The van der Waals surface area contributed by atoms with Gasteiger partial charge in [0.1, 0.15) is 12.2 Å². The molecular weight excluding hydrogens is 173 g/mol. The number of hydrogen-bond donors (Lipinski definition) is 1. The molecule has 13 heavy (non-hydrogen) atoms. The SMILES string of the molecule is O=C(O)CC#Cc1cncc(F)c1. The van der Waals surface area contributed by atoms with Crippen LogP contribution in [0.15, 0.2) is 18.5 Å². The highest BCUT2D eigenvalue weighted by atomic mass is 19.1. The number of hydrogen-bond acceptors (Lipinski definition) is 2. The Morgan fingerprint density at radius 2 is 2.38 bits per heavy atom. The van der Waals surface area contributed by atoms with Crippen LogP contribution in [-0.4, -0.2) is 16.1 Å². The van der Waals surface area contributed by atoms with Crippen LogP contribution >= 0.6 is 0 Å². The molecule has 1 aromatic rings. The molecule has 0 aromatic carbocycles. The first kappa shape index (κ1) is 9.20. The van der Waals surface area contributed by atoms with Gasteiger partial charge in [-0.3, -0.25) is 9.78 Å². The van der Waals surface area contributed by atoms with Gasteiger partial charge in [0, 0.05) is 11.8 Å². The summed E-state index contributed by atoms with van der Waals surface area (Å²) in [4.78, 5) is 13.6. The number of carbonyl (C=O) groups is 1. The van der Waals surface area contributed by atoms with Crippen molar-refractivity contribution in [2.24, 2.45) is 0 Å². The molecule has 0 aliphatic heterocycles. The summed E-state index contributed by atoms with van der Waals surface area (Å²) < 4.78 is 12.5. The fourth-order valence-electron chi connectivity index (χ4n) is 0.702. The van der Waals surface area contributed by atoms with E-state index in [4.69, 9.17) is 5.11 Å². The van der Waals surface area contributed by atoms with Crippen LogP contribution in [0, 0.1) is 17.7 Å². The van der Waals surface area contributed by atoms with Gasteiger partial charge in [-0.15, -0.1) is 0 Å². The van der Waals surface area contributed by atoms with Gasteiger partial charge in [0.15, 0.2) is 0 Å². The number of carboxylic acids is 1. The second-order valence-electron chi connectivity index (χ2n) is 2.26. The number of aromatic nitrogens is 1. The lowest BCUT2D eigenvalue weighted by Gasteiger charge is -1.88. The first-order chi connectivity index (χ1) is 6.18. The molecule has 1 rings (SSSR count). The van der Waals surface area contributed by atoms with Gasteiger partial charge in [-0.1, -0.05) is 11.8 Å². The highest BCUT2D eigenvalue weighted by Gasteiger charge is 1.92. The van der Waals surface area contributed by atoms with Crippen molar-refractivity contribution >= 4 is 5.97 Å². The van der Waals surface area contributed by atoms with Crippen LogP contribution < -0.4 is 0 Å². The van der Waals surface area contributed by atoms with E-state index in [1.54, 1.807) is 0 Å². The fourth-order valence-corrected chi connectivity index (χ4v) is 0.702. The molecule has 0 aliphatic rings. The van der Waals surface area contributed by atoms with E-state index in [9.17, 15) is 9.18 Å². The van der Waals surface area contributed by atoms with Crippen LogP contribution in [-0.2, 0) is 4.79 Å². The maximum atomic E-state index is 12.5. The van der Waals surface area contributed by atoms with Crippen molar-refractivity contribution in [2.45, 2.75) is 6.42 Å². The van der Waals surface area contributed by atoms with E-state index in [1.165, 1.54) is 12.3 Å². The Bertz CT molecular complexity index is 379. The average molecular weight is 179 g/mol. The zero-order valence-electron chi connectivity index (χ0n) is 6.62. The Morgan fingerprint density at radius 1 is 1.62 bits per heavy atom. The van der Waals surface area contributed by atoms with Crippen molar-refractivity contribution in [1.82, 2.24) is 4.98 Å². The van der Waals surface area contributed by atoms with Crippen LogP contribution in [0.1, 0.15) is 12.0 Å². The molecule has 66 valence electrons. The number of rotatable bonds is 1. The summed E-state index contributed by atoms with van der Waals surface area (Å²) in [7, 11) is 0. The van der Waals surface area contributed by atoms with Crippen molar-refractivity contribution < 1.29 is 14.3 Å². The van der Waals surface area contributed by atoms with Crippen LogP contribution in [0.5, 0.6) is 0 Å². The summed E-state index contributed by atoms with van der Waals surface area (Å²) in [6.45, 7) is 0. The Morgan fingerprint density at radius 3 is 3.00 bits per heavy atom. The van der Waals surface area contributed by atoms with Crippen LogP contribution in [0.2, 0.25) is 0 Å². The number of carboxylic acid groups (broad SMARTS) is 1. The first-order valence-corrected chi connectivity index (χ1v) is 3.49. The second-order valence-corrected chi connectivity index (χ2v) is 2.26. The average Bonchev–Trinajstić information content (AvgIpc) is 2.03. The predicted molar refractivity (Wildman–Crippen MR) is 43.3 cm³/mol. The van der Waals surface area contributed by atoms with E-state index in [-0.39, 0.29) is 6.42 Å². The largest absolute Gasteiger partial charge is 0.481 e. The maximum Gasteiger partial charge on any atom is 0.315 e. The molecule has 1 heterocycles. The molecule has 0 amide bonds. The fraction of sp³-hybridized carbons (Fsp3) is 0.111. The Hall–Kier alpha value is -1.89. The molecule has 3 nitrogen and oxygen atoms in total. The number of halogens is 1. The lowest BCUT2D eigenvalue weighted by Crippen LogP contribution is -1.90. The minimum Gasteiger partial charge on any atom is -0.481 e. The Kier molecular flexibility index (Phi) is 2.98. The molecule has 0 fully saturated rings. The number of pyridine rings is 1. The standard InChI is InChI=1S/C9H6FNO2/c10-8-4-7(5-11-6-8)2-1-3-9(12)13/h4-6H,3H2,(H,12,13). The van der Waals surface area contributed by atoms with Gasteiger partial charge < -0.3 is 5.11 Å². The molecule has 0 atom stereocenters. The molecule has 4 heteroatoms. The summed E-state index contributed by atoms with van der Waals surface area (Å²) in [5.74, 6) is 3.37. The third kappa shape index (κ3) is 3.34. The van der Waals surface area contributed by atoms with Crippen molar-refractivity contribution in [1.29, 1.82) is 0 Å². The predicted octanol–water partition coefficient (Wildman–Crippen LogP) is 1.05. The monoisotopic (exact) mass is 179 g/mol. The van der Waals surface area contributed by atoms with Crippen molar-refractivity contribution in [3.05, 3.63) is 29.8 Å². The molecule has 0 spiro atoms. The third-order valence-corrected chi connectivity index (χ3v) is 1.18. The Balaban J connectivity index is 2.72. The normalized spacial score (nSPS) is 8.69. The highest BCUT2D eigenvalue weighted by Crippen LogP contribution is 1.98. The lowest BCUT2D eigenvalue weighted by atomic mass is 10.3. The molecular formula is C9H6FNO2. The quantitative estimate of drug-likeness (QED) is 0.655. The molecule has 1 N–H and O–H groups in total. The van der Waals surface area contributed by atoms with E-state index >= 15 is 0 Å². The summed E-state index contributed by atoms with van der Waals surface area (Å²) in [5.41, 5.74) is 0.376. The molecule has 0 saturated carbocycles. The Labute approximate surface area is 74.2 Å². The minimum absolute atomic E-state index is 0.253. The smallest absolute Gasteiger partial charge is 0.315 e. The summed E-state index contributed by atoms with van der Waals surface area (Å²) in [6.07, 6.45) is 2.18. The first-order valence-electron chi connectivity index (χ1n) is 3.49. The van der Waals surface area contributed by atoms with Crippen LogP contribution in [0.4, 0.5) is 4.39 Å². The molecule has 0 bridgehead atoms. The van der Waals surface area contributed by atoms with Gasteiger partial charge in [0.2, 0.25) is 0 Å². The van der Waals surface area contributed by atoms with Crippen molar-refractivity contribution in [3.8, 4) is 11.8 Å². The van der Waals surface area contributed by atoms with Crippen molar-refractivity contribution in [3.63, 3.8) is 0 Å². The summed E-state index contributed by atoms with van der Waals surface area (Å²) in [6, 6.07) is 1.20. The second kappa shape index (κ2) is 4.21. The zero-order valence-corrected chi connectivity index (χ0v) is 6.62. The van der Waals surface area contributed by atoms with Gasteiger partial charge >= 0.3 is 5.97 Å². The lowest BCUT2D eigenvalue weighted by molar-refractivity contribution is -0.135. The third-order valence-electron chi connectivity index (χ3n) is 1.18. The molecule has 1 aromatic heterocycles. The van der Waals surface area contributed by atoms with E-state index in [0.29, 0.717) is 5.56 Å². The molecule has 0 unspecified atom stereocenters. The van der Waals surface area contributed by atoms with Gasteiger partial charge in [-0.05, 0) is 6.07 Å². The number of nitrogens with zero attached hydrogens (tertiary/aromatic N) is 1. The summed E-state index contributed by atoms with van der Waals surface area (Å²) in [5, 5.41) is 8.25. The molecule has 0 aliphatic carbocycles. The van der Waals surface area contributed by atoms with E-state index in [1.807, 2.05) is 0 Å². The van der Waals surface area contributed by atoms with E-state index in [0.717, 1.165) is 6.20 Å². The van der Waals surface area contributed by atoms with Gasteiger partial charge in [0.25, 0.3) is 0 Å².